The summed E-state index contributed by atoms with van der Waals surface area (Å²) in [5.41, 5.74) is 9.87. The first kappa shape index (κ1) is 26.1. The Hall–Kier alpha value is -2.93. The van der Waals surface area contributed by atoms with Crippen molar-refractivity contribution in [2.75, 3.05) is 46.7 Å². The van der Waals surface area contributed by atoms with Crippen LogP contribution in [-0.2, 0) is 12.0 Å². The number of allylic oxidation sites excluding steroid dienone is 5. The number of ether oxygens (including phenoxy) is 1. The first-order chi connectivity index (χ1) is 17.0. The van der Waals surface area contributed by atoms with E-state index in [4.69, 9.17) is 4.74 Å². The minimum absolute atomic E-state index is 0.0857. The molecule has 1 aliphatic heterocycles. The van der Waals surface area contributed by atoms with Gasteiger partial charge in [0, 0.05) is 36.0 Å². The van der Waals surface area contributed by atoms with Gasteiger partial charge in [0.2, 0.25) is 5.52 Å². The van der Waals surface area contributed by atoms with Crippen LogP contribution < -0.4 is 19.6 Å². The van der Waals surface area contributed by atoms with E-state index < -0.39 is 0 Å². The van der Waals surface area contributed by atoms with Crippen LogP contribution >= 0.6 is 11.3 Å². The van der Waals surface area contributed by atoms with Crippen molar-refractivity contribution in [2.45, 2.75) is 32.7 Å². The number of likely N-dealkylation sites (N-methyl/N-ethyl adjacent to an activating group) is 1. The highest BCUT2D eigenvalue weighted by molar-refractivity contribution is 7.18. The van der Waals surface area contributed by atoms with E-state index in [0.717, 1.165) is 23.4 Å². The van der Waals surface area contributed by atoms with Gasteiger partial charge in [-0.2, -0.15) is 9.99 Å². The highest BCUT2D eigenvalue weighted by atomic mass is 32.1. The highest BCUT2D eigenvalue weighted by Crippen LogP contribution is 2.48. The zero-order chi connectivity index (χ0) is 26.1. The van der Waals surface area contributed by atoms with Gasteiger partial charge < -0.3 is 9.64 Å². The summed E-state index contributed by atoms with van der Waals surface area (Å²) in [5, 5.41) is 1.26. The molecule has 0 unspecified atom stereocenters. The summed E-state index contributed by atoms with van der Waals surface area (Å²) in [7, 11) is 10.3. The molecule has 0 fully saturated rings. The first-order valence-electron chi connectivity index (χ1n) is 12.5. The van der Waals surface area contributed by atoms with Crippen LogP contribution in [0.1, 0.15) is 30.0 Å². The molecule has 1 aliphatic rings. The average molecular weight is 505 g/mol. The topological polar surface area (TPSA) is 28.4 Å². The predicted octanol–water partition coefficient (Wildman–Crippen LogP) is 5.60. The number of aromatic nitrogens is 1. The van der Waals surface area contributed by atoms with Crippen LogP contribution in [0.2, 0.25) is 0 Å². The Morgan fingerprint density at radius 1 is 1.08 bits per heavy atom. The summed E-state index contributed by atoms with van der Waals surface area (Å²) >= 11 is 1.85. The lowest BCUT2D eigenvalue weighted by atomic mass is 9.83. The van der Waals surface area contributed by atoms with E-state index in [1.54, 1.807) is 7.11 Å². The zero-order valence-electron chi connectivity index (χ0n) is 22.9. The Balaban J connectivity index is 1.55. The van der Waals surface area contributed by atoms with Gasteiger partial charge in [-0.05, 0) is 48.4 Å². The van der Waals surface area contributed by atoms with E-state index in [2.05, 4.69) is 125 Å². The van der Waals surface area contributed by atoms with Gasteiger partial charge in [0.05, 0.1) is 28.3 Å². The lowest BCUT2D eigenvalue weighted by Crippen LogP contribution is -2.52. The van der Waals surface area contributed by atoms with E-state index in [0.29, 0.717) is 0 Å². The van der Waals surface area contributed by atoms with Gasteiger partial charge in [-0.3, -0.25) is 4.59 Å². The fourth-order valence-electron chi connectivity index (χ4n) is 4.86. The van der Waals surface area contributed by atoms with Crippen molar-refractivity contribution < 1.29 is 13.9 Å². The number of nitrogens with zero attached hydrogens (tertiary/aromatic N) is 3. The van der Waals surface area contributed by atoms with Crippen molar-refractivity contribution in [1.29, 1.82) is 0 Å². The van der Waals surface area contributed by atoms with Gasteiger partial charge in [-0.15, -0.1) is 0 Å². The molecular weight excluding hydrogens is 464 g/mol. The number of fused-ring (bicyclic) bond motifs is 2. The summed E-state index contributed by atoms with van der Waals surface area (Å²) in [4.78, 5) is 2.28. The molecule has 2 heterocycles. The summed E-state index contributed by atoms with van der Waals surface area (Å²) in [6.07, 6.45) is 10.9. The van der Waals surface area contributed by atoms with E-state index in [1.165, 1.54) is 37.7 Å². The second kappa shape index (κ2) is 10.2. The molecule has 0 amide bonds. The average Bonchev–Trinajstić information content (AvgIpc) is 3.24. The lowest BCUT2D eigenvalue weighted by Gasteiger charge is -2.23. The monoisotopic (exact) mass is 504 g/mol. The zero-order valence-corrected chi connectivity index (χ0v) is 23.7. The molecule has 0 saturated heterocycles. The number of rotatable bonds is 8. The second-order valence-electron chi connectivity index (χ2n) is 10.8. The third-order valence-electron chi connectivity index (χ3n) is 6.76. The molecule has 0 atom stereocenters. The number of thiazole rings is 1. The number of methoxy groups -OCH3 is 1. The summed E-state index contributed by atoms with van der Waals surface area (Å²) in [5.74, 6) is 0.901. The largest absolute Gasteiger partial charge is 0.497 e. The maximum Gasteiger partial charge on any atom is 0.262 e. The molecule has 5 nitrogen and oxygen atoms in total. The summed E-state index contributed by atoms with van der Waals surface area (Å²) < 4.78 is 9.96. The number of aryl methyl sites for hydroxylation is 1. The van der Waals surface area contributed by atoms with Crippen LogP contribution in [0.25, 0.3) is 16.3 Å². The van der Waals surface area contributed by atoms with Crippen molar-refractivity contribution >= 4 is 33.3 Å². The number of hydrogen-bond donors (Lipinski definition) is 1. The van der Waals surface area contributed by atoms with Crippen molar-refractivity contribution in [3.05, 3.63) is 82.5 Å². The SMILES string of the molecule is COc1ccc2c(c1)C(C)(C)\C(=C/C=C/C=C/c1sc3cc(C)ccc3[n+]1CCN[N+](C)(C)C)N2C. The molecule has 0 aliphatic carbocycles. The number of quaternary nitrogens is 1. The summed E-state index contributed by atoms with van der Waals surface area (Å²) in [6, 6.07) is 13.1. The maximum atomic E-state index is 5.47. The van der Waals surface area contributed by atoms with Crippen LogP contribution in [0.3, 0.4) is 0 Å². The van der Waals surface area contributed by atoms with Gasteiger partial charge >= 0.3 is 0 Å². The first-order valence-corrected chi connectivity index (χ1v) is 13.3. The quantitative estimate of drug-likeness (QED) is 0.187. The molecule has 4 rings (SSSR count). The molecule has 3 aromatic rings. The Kier molecular flexibility index (Phi) is 7.41. The minimum Gasteiger partial charge on any atom is -0.497 e. The van der Waals surface area contributed by atoms with E-state index >= 15 is 0 Å². The fourth-order valence-corrected chi connectivity index (χ4v) is 6.05. The van der Waals surface area contributed by atoms with E-state index in [1.807, 2.05) is 17.4 Å². The molecule has 1 N–H and O–H groups in total. The molecule has 1 aromatic heterocycles. The van der Waals surface area contributed by atoms with Gasteiger partial charge in [0.1, 0.15) is 17.0 Å². The van der Waals surface area contributed by atoms with Gasteiger partial charge in [0.25, 0.3) is 5.01 Å². The third-order valence-corrected chi connectivity index (χ3v) is 7.88. The molecule has 0 saturated carbocycles. The van der Waals surface area contributed by atoms with E-state index in [-0.39, 0.29) is 5.41 Å². The number of benzene rings is 2. The molecule has 2 aromatic carbocycles. The number of hydrogen-bond acceptors (Lipinski definition) is 4. The Morgan fingerprint density at radius 3 is 2.58 bits per heavy atom. The maximum absolute atomic E-state index is 5.47. The number of anilines is 1. The van der Waals surface area contributed by atoms with Crippen LogP contribution in [0.15, 0.2) is 66.4 Å². The van der Waals surface area contributed by atoms with Crippen LogP contribution in [0.5, 0.6) is 5.75 Å². The molecule has 6 heteroatoms. The van der Waals surface area contributed by atoms with Crippen molar-refractivity contribution in [3.8, 4) is 5.75 Å². The summed E-state index contributed by atoms with van der Waals surface area (Å²) in [6.45, 7) is 8.54. The standard InChI is InChI=1S/C30H40N4OS/c1-22-14-16-26-27(20-22)36-29(33(26)19-18-31-34(5,6)7)13-11-9-10-12-28-30(2,3)24-21-23(35-8)15-17-25(24)32(28)4/h9-17,20-21,31H,18-19H2,1-8H3/q+2. The molecule has 36 heavy (non-hydrogen) atoms. The molecule has 0 bridgehead atoms. The van der Waals surface area contributed by atoms with Crippen molar-refractivity contribution in [3.63, 3.8) is 0 Å². The second-order valence-corrected chi connectivity index (χ2v) is 11.9. The van der Waals surface area contributed by atoms with Crippen molar-refractivity contribution in [2.24, 2.45) is 0 Å². The fraction of sp³-hybridized carbons (Fsp3) is 0.367. The lowest BCUT2D eigenvalue weighted by molar-refractivity contribution is -0.917. The molecule has 190 valence electrons. The van der Waals surface area contributed by atoms with Crippen LogP contribution in [-0.4, -0.2) is 46.4 Å². The number of nitrogens with one attached hydrogen (secondary N) is 1. The van der Waals surface area contributed by atoms with Crippen LogP contribution in [0.4, 0.5) is 5.69 Å². The predicted molar refractivity (Wildman–Crippen MR) is 153 cm³/mol. The smallest absolute Gasteiger partial charge is 0.262 e. The highest BCUT2D eigenvalue weighted by Gasteiger charge is 2.38. The van der Waals surface area contributed by atoms with Gasteiger partial charge in [0.15, 0.2) is 6.54 Å². The van der Waals surface area contributed by atoms with E-state index in [9.17, 15) is 0 Å². The Labute approximate surface area is 220 Å². The van der Waals surface area contributed by atoms with Gasteiger partial charge in [-0.1, -0.05) is 49.5 Å². The molecule has 0 spiro atoms. The van der Waals surface area contributed by atoms with Crippen LogP contribution in [0, 0.1) is 6.92 Å². The third kappa shape index (κ3) is 5.41. The van der Waals surface area contributed by atoms with Gasteiger partial charge in [-0.25, -0.2) is 0 Å². The van der Waals surface area contributed by atoms with Crippen molar-refractivity contribution in [1.82, 2.24) is 5.43 Å². The molecule has 0 radical (unpaired) electrons. The normalized spacial score (nSPS) is 16.7. The Morgan fingerprint density at radius 2 is 1.86 bits per heavy atom. The minimum atomic E-state index is -0.0857. The Bertz CT molecular complexity index is 1340. The molecular formula is C30H40N4OS+2.